The van der Waals surface area contributed by atoms with E-state index in [1.165, 1.54) is 0 Å². The summed E-state index contributed by atoms with van der Waals surface area (Å²) in [6.45, 7) is 1.90. The van der Waals surface area contributed by atoms with Crippen LogP contribution >= 0.6 is 0 Å². The molecule has 30 heavy (non-hydrogen) atoms. The molecule has 1 aliphatic rings. The Labute approximate surface area is 179 Å². The molecule has 3 unspecified atom stereocenters. The monoisotopic (exact) mass is 434 g/mol. The molecular formula is C22H30N2O5S. The highest BCUT2D eigenvalue weighted by molar-refractivity contribution is 7.84. The van der Waals surface area contributed by atoms with Crippen LogP contribution in [0, 0.1) is 5.53 Å². The second-order valence-corrected chi connectivity index (χ2v) is 9.30. The topological polar surface area (TPSA) is 121 Å². The van der Waals surface area contributed by atoms with Gasteiger partial charge in [-0.15, -0.1) is 0 Å². The number of Topliss-reactive ketones (excluding diaryl/α,β-unsaturated/α-hetero) is 1. The molecule has 1 aromatic rings. The van der Waals surface area contributed by atoms with Gasteiger partial charge >= 0.3 is 5.97 Å². The largest absolute Gasteiger partial charge is 0.871 e. The van der Waals surface area contributed by atoms with Crippen molar-refractivity contribution in [1.29, 1.82) is 5.53 Å². The Morgan fingerprint density at radius 3 is 2.63 bits per heavy atom. The number of hydrogen-bond acceptors (Lipinski definition) is 5. The van der Waals surface area contributed by atoms with E-state index in [0.717, 1.165) is 10.3 Å². The third-order valence-electron chi connectivity index (χ3n) is 5.39. The highest BCUT2D eigenvalue weighted by Gasteiger charge is 2.35. The van der Waals surface area contributed by atoms with Crippen LogP contribution in [-0.2, 0) is 20.4 Å². The maximum Gasteiger partial charge on any atom is 0.303 e. The number of carboxylic acids is 1. The Kier molecular flexibility index (Phi) is 9.36. The van der Waals surface area contributed by atoms with Crippen LogP contribution in [0.2, 0.25) is 0 Å². The zero-order valence-electron chi connectivity index (χ0n) is 17.3. The lowest BCUT2D eigenvalue weighted by Gasteiger charge is -2.24. The molecule has 0 radical (unpaired) electrons. The number of aliphatic carboxylic acids is 1. The van der Waals surface area contributed by atoms with Crippen LogP contribution in [0.25, 0.3) is 0 Å². The lowest BCUT2D eigenvalue weighted by atomic mass is 9.93. The first-order chi connectivity index (χ1) is 14.3. The smallest absolute Gasteiger partial charge is 0.303 e. The minimum atomic E-state index is -1.25. The number of benzene rings is 1. The first-order valence-corrected chi connectivity index (χ1v) is 11.9. The lowest BCUT2D eigenvalue weighted by molar-refractivity contribution is -0.606. The summed E-state index contributed by atoms with van der Waals surface area (Å²) < 4.78 is 13.6. The molecule has 7 nitrogen and oxygen atoms in total. The van der Waals surface area contributed by atoms with E-state index in [-0.39, 0.29) is 48.2 Å². The molecule has 0 spiro atoms. The molecule has 1 aromatic carbocycles. The van der Waals surface area contributed by atoms with Gasteiger partial charge in [0.1, 0.15) is 0 Å². The molecule has 0 bridgehead atoms. The maximum atomic E-state index is 12.5. The van der Waals surface area contributed by atoms with E-state index in [2.05, 4.69) is 0 Å². The van der Waals surface area contributed by atoms with Crippen LogP contribution in [0.4, 0.5) is 0 Å². The number of carbonyl (C=O) groups is 2. The van der Waals surface area contributed by atoms with Gasteiger partial charge in [-0.25, -0.2) is 0 Å². The van der Waals surface area contributed by atoms with Gasteiger partial charge in [-0.2, -0.15) is 0 Å². The lowest BCUT2D eigenvalue weighted by Crippen LogP contribution is -2.38. The van der Waals surface area contributed by atoms with Crippen molar-refractivity contribution in [3.63, 3.8) is 0 Å². The van der Waals surface area contributed by atoms with Crippen molar-refractivity contribution in [2.45, 2.75) is 63.8 Å². The number of nitrogens with one attached hydrogen (secondary N) is 1. The standard InChI is InChI=1S/C22H30N2O5S/c1-2-6-20(25)18-9-10-21(26)19(24(18)23)12-14-30(29)13-11-17(15-22(27)28)16-7-4-3-5-8-16/h3-5,7-8,17-18H,2,6,9-15H2,1H3,(H2-,23,26,27,28). The molecule has 0 amide bonds. The first kappa shape index (κ1) is 23.9. The summed E-state index contributed by atoms with van der Waals surface area (Å²) in [6.07, 6.45) is 2.33. The number of nitrogens with zero attached hydrogens (tertiary/aromatic N) is 1. The summed E-state index contributed by atoms with van der Waals surface area (Å²) >= 11 is 0. The third-order valence-corrected chi connectivity index (χ3v) is 6.74. The Hall–Kier alpha value is -2.35. The molecule has 2 rings (SSSR count). The number of ketones is 1. The molecule has 0 aromatic heterocycles. The minimum Gasteiger partial charge on any atom is -0.871 e. The van der Waals surface area contributed by atoms with E-state index >= 15 is 0 Å². The molecule has 0 saturated heterocycles. The molecule has 164 valence electrons. The van der Waals surface area contributed by atoms with Crippen LogP contribution in [-0.4, -0.2) is 43.3 Å². The second-order valence-electron chi connectivity index (χ2n) is 7.60. The molecule has 0 fully saturated rings. The van der Waals surface area contributed by atoms with E-state index < -0.39 is 22.8 Å². The molecular weight excluding hydrogens is 404 g/mol. The number of carbonyl (C=O) groups excluding carboxylic acids is 1. The Bertz CT molecular complexity index is 822. The highest BCUT2D eigenvalue weighted by Crippen LogP contribution is 2.26. The second kappa shape index (κ2) is 11.7. The zero-order chi connectivity index (χ0) is 22.1. The fourth-order valence-corrected chi connectivity index (χ4v) is 4.92. The van der Waals surface area contributed by atoms with Crippen molar-refractivity contribution >= 4 is 22.6 Å². The van der Waals surface area contributed by atoms with Gasteiger partial charge in [0.05, 0.1) is 6.42 Å². The van der Waals surface area contributed by atoms with Crippen molar-refractivity contribution in [1.82, 2.24) is 0 Å². The first-order valence-electron chi connectivity index (χ1n) is 10.4. The molecule has 2 N–H and O–H groups in total. The van der Waals surface area contributed by atoms with Crippen LogP contribution < -0.4 is 5.11 Å². The van der Waals surface area contributed by atoms with Crippen LogP contribution in [0.15, 0.2) is 41.8 Å². The predicted molar refractivity (Wildman–Crippen MR) is 111 cm³/mol. The average molecular weight is 435 g/mol. The minimum absolute atomic E-state index is 0.0290. The van der Waals surface area contributed by atoms with Crippen LogP contribution in [0.3, 0.4) is 0 Å². The molecule has 8 heteroatoms. The number of carboxylic acid groups (broad SMARTS) is 1. The van der Waals surface area contributed by atoms with Crippen molar-refractivity contribution in [2.75, 3.05) is 11.5 Å². The van der Waals surface area contributed by atoms with E-state index in [0.29, 0.717) is 31.4 Å². The van der Waals surface area contributed by atoms with E-state index in [4.69, 9.17) is 5.53 Å². The van der Waals surface area contributed by atoms with E-state index in [9.17, 15) is 24.0 Å². The molecule has 0 aliphatic carbocycles. The van der Waals surface area contributed by atoms with Crippen molar-refractivity contribution in [3.05, 3.63) is 47.4 Å². The van der Waals surface area contributed by atoms with Crippen LogP contribution in [0.1, 0.15) is 63.4 Å². The quantitative estimate of drug-likeness (QED) is 0.490. The summed E-state index contributed by atoms with van der Waals surface area (Å²) in [6, 6.07) is 8.72. The van der Waals surface area contributed by atoms with Crippen molar-refractivity contribution < 1.29 is 28.7 Å². The van der Waals surface area contributed by atoms with Gasteiger partial charge in [0, 0.05) is 41.6 Å². The van der Waals surface area contributed by atoms with Gasteiger partial charge in [-0.1, -0.05) is 53.2 Å². The summed E-state index contributed by atoms with van der Waals surface area (Å²) in [4.78, 5) is 23.4. The average Bonchev–Trinajstić information content (AvgIpc) is 2.71. The summed E-state index contributed by atoms with van der Waals surface area (Å²) in [7, 11) is -1.25. The summed E-state index contributed by atoms with van der Waals surface area (Å²) in [5.74, 6) is -0.760. The number of hydrogen-bond donors (Lipinski definition) is 2. The molecule has 1 heterocycles. The normalized spacial score (nSPS) is 18.8. The Morgan fingerprint density at radius 2 is 2.00 bits per heavy atom. The third kappa shape index (κ3) is 6.86. The fourth-order valence-electron chi connectivity index (χ4n) is 3.75. The van der Waals surface area contributed by atoms with Gasteiger partial charge in [0.25, 0.3) is 0 Å². The fraction of sp³-hybridized carbons (Fsp3) is 0.545. The van der Waals surface area contributed by atoms with Gasteiger partial charge in [0.2, 0.25) is 11.8 Å². The number of rotatable bonds is 12. The van der Waals surface area contributed by atoms with Crippen molar-refractivity contribution in [3.8, 4) is 0 Å². The van der Waals surface area contributed by atoms with E-state index in [1.807, 2.05) is 37.3 Å². The van der Waals surface area contributed by atoms with E-state index in [1.54, 1.807) is 0 Å². The predicted octanol–water partition coefficient (Wildman–Crippen LogP) is 2.92. The van der Waals surface area contributed by atoms with Gasteiger partial charge in [-0.05, 0) is 30.7 Å². The number of allylic oxidation sites excluding steroid dienone is 2. The molecule has 3 atom stereocenters. The van der Waals surface area contributed by atoms with Crippen molar-refractivity contribution in [2.24, 2.45) is 0 Å². The summed E-state index contributed by atoms with van der Waals surface area (Å²) in [5.41, 5.74) is 9.38. The Morgan fingerprint density at radius 1 is 1.30 bits per heavy atom. The highest BCUT2D eigenvalue weighted by atomic mass is 32.2. The zero-order valence-corrected chi connectivity index (χ0v) is 18.2. The molecule has 1 aliphatic heterocycles. The maximum absolute atomic E-state index is 12.5. The van der Waals surface area contributed by atoms with Gasteiger partial charge in [0.15, 0.2) is 5.70 Å². The Balaban J connectivity index is 1.93. The SMILES string of the molecule is CCCC(=O)C1CCC([O-])=C(CCS(=O)CCC(CC(=O)O)c2ccccc2)[N+]1=N. The van der Waals surface area contributed by atoms with Crippen LogP contribution in [0.5, 0.6) is 0 Å². The molecule has 0 saturated carbocycles. The summed E-state index contributed by atoms with van der Waals surface area (Å²) in [5, 5.41) is 21.4. The van der Waals surface area contributed by atoms with Gasteiger partial charge in [-0.3, -0.25) is 13.8 Å². The van der Waals surface area contributed by atoms with Gasteiger partial charge < -0.3 is 10.2 Å².